The topological polar surface area (TPSA) is 75.4 Å². The van der Waals surface area contributed by atoms with E-state index in [4.69, 9.17) is 4.52 Å². The van der Waals surface area contributed by atoms with Gasteiger partial charge in [-0.05, 0) is 25.7 Å². The Balaban J connectivity index is 1.56. The maximum Gasteiger partial charge on any atom is 0.248 e. The van der Waals surface area contributed by atoms with E-state index in [1.54, 1.807) is 11.0 Å². The van der Waals surface area contributed by atoms with Gasteiger partial charge in [0.15, 0.2) is 5.82 Å². The predicted molar refractivity (Wildman–Crippen MR) is 100 cm³/mol. The molecule has 3 rings (SSSR count). The van der Waals surface area contributed by atoms with E-state index in [-0.39, 0.29) is 54.7 Å². The largest absolute Gasteiger partial charge is 0.359 e. The smallest absolute Gasteiger partial charge is 0.248 e. The minimum atomic E-state index is -2.65. The number of nitrogens with one attached hydrogen (secondary N) is 1. The first-order valence-electron chi connectivity index (χ1n) is 10.00. The van der Waals surface area contributed by atoms with Gasteiger partial charge in [-0.2, -0.15) is 0 Å². The first-order chi connectivity index (χ1) is 13.0. The molecular weight excluding hydrogens is 368 g/mol. The van der Waals surface area contributed by atoms with Crippen molar-refractivity contribution in [3.63, 3.8) is 0 Å². The molecule has 2 heterocycles. The number of hydrogen-bond donors (Lipinski definition) is 1. The highest BCUT2D eigenvalue weighted by Crippen LogP contribution is 2.37. The number of likely N-dealkylation sites (tertiary alicyclic amines) is 1. The van der Waals surface area contributed by atoms with E-state index in [1.165, 1.54) is 0 Å². The van der Waals surface area contributed by atoms with Crippen molar-refractivity contribution in [3.05, 3.63) is 11.8 Å². The Morgan fingerprint density at radius 3 is 2.50 bits per heavy atom. The molecule has 0 bridgehead atoms. The summed E-state index contributed by atoms with van der Waals surface area (Å²) in [6.07, 6.45) is 1.37. The molecule has 1 aromatic heterocycles. The van der Waals surface area contributed by atoms with Gasteiger partial charge in [-0.25, -0.2) is 8.78 Å². The van der Waals surface area contributed by atoms with Crippen LogP contribution in [0.25, 0.3) is 0 Å². The van der Waals surface area contributed by atoms with Crippen LogP contribution < -0.4 is 5.32 Å². The zero-order chi connectivity index (χ0) is 20.5. The van der Waals surface area contributed by atoms with Crippen molar-refractivity contribution in [1.82, 2.24) is 10.1 Å². The van der Waals surface area contributed by atoms with Gasteiger partial charge in [-0.1, -0.05) is 25.9 Å². The lowest BCUT2D eigenvalue weighted by molar-refractivity contribution is -0.142. The monoisotopic (exact) mass is 397 g/mol. The van der Waals surface area contributed by atoms with E-state index in [0.29, 0.717) is 31.1 Å². The quantitative estimate of drug-likeness (QED) is 0.837. The summed E-state index contributed by atoms with van der Waals surface area (Å²) >= 11 is 0. The number of carbonyl (C=O) groups excluding carboxylic acids is 2. The molecule has 2 amide bonds. The molecule has 1 atom stereocenters. The number of aromatic nitrogens is 1. The molecule has 0 radical (unpaired) electrons. The van der Waals surface area contributed by atoms with Gasteiger partial charge < -0.3 is 14.7 Å². The van der Waals surface area contributed by atoms with Gasteiger partial charge in [-0.15, -0.1) is 0 Å². The number of piperidine rings is 1. The zero-order valence-corrected chi connectivity index (χ0v) is 16.8. The van der Waals surface area contributed by atoms with E-state index in [1.807, 2.05) is 20.8 Å². The molecule has 0 unspecified atom stereocenters. The van der Waals surface area contributed by atoms with Gasteiger partial charge in [-0.3, -0.25) is 9.59 Å². The molecule has 0 aromatic carbocycles. The van der Waals surface area contributed by atoms with Crippen molar-refractivity contribution < 1.29 is 22.9 Å². The van der Waals surface area contributed by atoms with Crippen molar-refractivity contribution in [2.75, 3.05) is 18.4 Å². The van der Waals surface area contributed by atoms with Crippen LogP contribution in [-0.4, -0.2) is 40.9 Å². The number of carbonyl (C=O) groups is 2. The fraction of sp³-hybridized carbons (Fsp3) is 0.750. The molecule has 1 aliphatic heterocycles. The van der Waals surface area contributed by atoms with E-state index >= 15 is 0 Å². The van der Waals surface area contributed by atoms with E-state index in [2.05, 4.69) is 10.5 Å². The van der Waals surface area contributed by atoms with Gasteiger partial charge in [0.25, 0.3) is 0 Å². The van der Waals surface area contributed by atoms with Crippen LogP contribution in [0.1, 0.15) is 65.1 Å². The molecule has 1 saturated heterocycles. The standard InChI is InChI=1S/C20H29F2N3O3/c1-19(2,3)15-11-16(24-28-15)23-17(26)14-5-4-10-25(12-14)18(27)13-6-8-20(21,22)9-7-13/h11,13-14H,4-10,12H2,1-3H3,(H,23,24,26)/t14-/m1/s1. The maximum atomic E-state index is 13.3. The number of alkyl halides is 2. The molecule has 1 saturated carbocycles. The van der Waals surface area contributed by atoms with Crippen molar-refractivity contribution in [3.8, 4) is 0 Å². The van der Waals surface area contributed by atoms with Crippen molar-refractivity contribution in [2.45, 2.75) is 70.6 Å². The third-order valence-corrected chi connectivity index (χ3v) is 5.67. The summed E-state index contributed by atoms with van der Waals surface area (Å²) in [5, 5.41) is 6.67. The summed E-state index contributed by atoms with van der Waals surface area (Å²) in [5.74, 6) is -2.58. The second kappa shape index (κ2) is 7.79. The highest BCUT2D eigenvalue weighted by molar-refractivity contribution is 5.92. The van der Waals surface area contributed by atoms with Crippen molar-refractivity contribution in [1.29, 1.82) is 0 Å². The Bertz CT molecular complexity index is 717. The molecule has 1 aliphatic carbocycles. The Labute approximate surface area is 164 Å². The van der Waals surface area contributed by atoms with E-state index in [9.17, 15) is 18.4 Å². The molecule has 2 aliphatic rings. The Morgan fingerprint density at radius 2 is 1.89 bits per heavy atom. The third kappa shape index (κ3) is 4.89. The molecular formula is C20H29F2N3O3. The highest BCUT2D eigenvalue weighted by atomic mass is 19.3. The molecule has 1 aromatic rings. The number of nitrogens with zero attached hydrogens (tertiary/aromatic N) is 2. The molecule has 2 fully saturated rings. The van der Waals surface area contributed by atoms with Crippen LogP contribution >= 0.6 is 0 Å². The number of halogens is 2. The van der Waals surface area contributed by atoms with Crippen LogP contribution in [0.4, 0.5) is 14.6 Å². The van der Waals surface area contributed by atoms with Crippen LogP contribution in [0.15, 0.2) is 10.6 Å². The molecule has 8 heteroatoms. The van der Waals surface area contributed by atoms with E-state index < -0.39 is 5.92 Å². The SMILES string of the molecule is CC(C)(C)c1cc(NC(=O)[C@@H]2CCCN(C(=O)C3CCC(F)(F)CC3)C2)no1. The highest BCUT2D eigenvalue weighted by Gasteiger charge is 2.40. The van der Waals surface area contributed by atoms with Gasteiger partial charge >= 0.3 is 0 Å². The Hall–Kier alpha value is -1.99. The van der Waals surface area contributed by atoms with Crippen LogP contribution in [0.3, 0.4) is 0 Å². The molecule has 6 nitrogen and oxygen atoms in total. The Kier molecular flexibility index (Phi) is 5.77. The van der Waals surface area contributed by atoms with Crippen LogP contribution in [0.5, 0.6) is 0 Å². The lowest BCUT2D eigenvalue weighted by Crippen LogP contribution is -2.47. The first kappa shape index (κ1) is 20.7. The van der Waals surface area contributed by atoms with Gasteiger partial charge in [0.05, 0.1) is 5.92 Å². The van der Waals surface area contributed by atoms with Crippen LogP contribution in [-0.2, 0) is 15.0 Å². The zero-order valence-electron chi connectivity index (χ0n) is 16.8. The van der Waals surface area contributed by atoms with Gasteiger partial charge in [0.1, 0.15) is 5.76 Å². The summed E-state index contributed by atoms with van der Waals surface area (Å²) in [4.78, 5) is 27.0. The average Bonchev–Trinajstić information content (AvgIpc) is 3.10. The second-order valence-corrected chi connectivity index (χ2v) is 9.07. The molecule has 28 heavy (non-hydrogen) atoms. The predicted octanol–water partition coefficient (Wildman–Crippen LogP) is 3.97. The number of anilines is 1. The van der Waals surface area contributed by atoms with Crippen molar-refractivity contribution >= 4 is 17.6 Å². The normalized spacial score (nSPS) is 23.5. The lowest BCUT2D eigenvalue weighted by Gasteiger charge is -2.36. The minimum Gasteiger partial charge on any atom is -0.359 e. The number of amides is 2. The molecule has 0 spiro atoms. The van der Waals surface area contributed by atoms with Gasteiger partial charge in [0.2, 0.25) is 17.7 Å². The summed E-state index contributed by atoms with van der Waals surface area (Å²) in [6.45, 7) is 6.87. The summed E-state index contributed by atoms with van der Waals surface area (Å²) in [6, 6.07) is 1.71. The average molecular weight is 397 g/mol. The van der Waals surface area contributed by atoms with Crippen molar-refractivity contribution in [2.24, 2.45) is 11.8 Å². The van der Waals surface area contributed by atoms with E-state index in [0.717, 1.165) is 6.42 Å². The second-order valence-electron chi connectivity index (χ2n) is 9.07. The maximum absolute atomic E-state index is 13.3. The first-order valence-corrected chi connectivity index (χ1v) is 10.00. The number of hydrogen-bond acceptors (Lipinski definition) is 4. The summed E-state index contributed by atoms with van der Waals surface area (Å²) in [5.41, 5.74) is -0.208. The number of rotatable bonds is 3. The molecule has 1 N–H and O–H groups in total. The summed E-state index contributed by atoms with van der Waals surface area (Å²) in [7, 11) is 0. The molecule has 156 valence electrons. The summed E-state index contributed by atoms with van der Waals surface area (Å²) < 4.78 is 32.0. The fourth-order valence-electron chi connectivity index (χ4n) is 3.85. The van der Waals surface area contributed by atoms with Gasteiger partial charge in [0, 0.05) is 43.3 Å². The van der Waals surface area contributed by atoms with Crippen LogP contribution in [0.2, 0.25) is 0 Å². The lowest BCUT2D eigenvalue weighted by atomic mass is 9.85. The Morgan fingerprint density at radius 1 is 1.21 bits per heavy atom. The fourth-order valence-corrected chi connectivity index (χ4v) is 3.85. The van der Waals surface area contributed by atoms with Crippen LogP contribution in [0, 0.1) is 11.8 Å². The minimum absolute atomic E-state index is 0.0931. The third-order valence-electron chi connectivity index (χ3n) is 5.67.